The molecule has 0 bridgehead atoms. The van der Waals surface area contributed by atoms with Gasteiger partial charge in [0.2, 0.25) is 0 Å². The second-order valence-electron chi connectivity index (χ2n) is 5.86. The Labute approximate surface area is 137 Å². The molecule has 2 rings (SSSR count). The van der Waals surface area contributed by atoms with Crippen LogP contribution in [0.2, 0.25) is 0 Å². The van der Waals surface area contributed by atoms with Crippen molar-refractivity contribution < 1.29 is 26.9 Å². The second-order valence-corrected chi connectivity index (χ2v) is 7.39. The average Bonchev–Trinajstić information content (AvgIpc) is 2.53. The standard InChI is InChI=1S/C16H24NO5S/c1-14(18)16-10-6-7-11-17(16,12-13-21-2)22-23(19,20)15-8-4-3-5-9-15/h3-5,8-9,16H,6-7,10-13H2,1-2H3/q+1. The molecule has 1 fully saturated rings. The van der Waals surface area contributed by atoms with E-state index in [-0.39, 0.29) is 15.3 Å². The molecule has 2 atom stereocenters. The Morgan fingerprint density at radius 1 is 1.26 bits per heavy atom. The lowest BCUT2D eigenvalue weighted by Crippen LogP contribution is -2.62. The fraction of sp³-hybridized carbons (Fsp3) is 0.562. The minimum absolute atomic E-state index is 0.0518. The number of benzene rings is 1. The van der Waals surface area contributed by atoms with Gasteiger partial charge < -0.3 is 4.74 Å². The molecule has 2 unspecified atom stereocenters. The number of piperidine rings is 1. The van der Waals surface area contributed by atoms with Gasteiger partial charge in [-0.25, -0.2) is 0 Å². The van der Waals surface area contributed by atoms with Crippen molar-refractivity contribution in [3.8, 4) is 0 Å². The van der Waals surface area contributed by atoms with Gasteiger partial charge in [0.05, 0.1) is 11.5 Å². The molecular formula is C16H24NO5S+. The molecule has 0 saturated carbocycles. The van der Waals surface area contributed by atoms with E-state index in [0.29, 0.717) is 26.1 Å². The van der Waals surface area contributed by atoms with Gasteiger partial charge in [0.25, 0.3) is 0 Å². The molecule has 23 heavy (non-hydrogen) atoms. The fourth-order valence-electron chi connectivity index (χ4n) is 3.11. The molecule has 1 aliphatic rings. The first-order chi connectivity index (χ1) is 10.9. The molecule has 1 heterocycles. The molecule has 0 N–H and O–H groups in total. The molecule has 0 aliphatic carbocycles. The summed E-state index contributed by atoms with van der Waals surface area (Å²) in [6, 6.07) is 7.55. The van der Waals surface area contributed by atoms with Gasteiger partial charge in [0.15, 0.2) is 11.8 Å². The first kappa shape index (κ1) is 18.1. The zero-order chi connectivity index (χ0) is 16.9. The highest BCUT2D eigenvalue weighted by Gasteiger charge is 2.48. The van der Waals surface area contributed by atoms with Crippen LogP contribution in [0.5, 0.6) is 0 Å². The van der Waals surface area contributed by atoms with E-state index in [1.165, 1.54) is 19.1 Å². The Morgan fingerprint density at radius 2 is 1.96 bits per heavy atom. The predicted octanol–water partition coefficient (Wildman–Crippen LogP) is 1.91. The number of Topliss-reactive ketones (excluding diaryl/α,β-unsaturated/α-hetero) is 1. The summed E-state index contributed by atoms with van der Waals surface area (Å²) in [4.78, 5) is 12.2. The van der Waals surface area contributed by atoms with Crippen LogP contribution in [0, 0.1) is 0 Å². The molecule has 1 saturated heterocycles. The number of hydrogen-bond donors (Lipinski definition) is 0. The first-order valence-corrected chi connectivity index (χ1v) is 9.19. The largest absolute Gasteiger partial charge is 0.379 e. The molecule has 0 aromatic heterocycles. The van der Waals surface area contributed by atoms with E-state index < -0.39 is 16.2 Å². The maximum atomic E-state index is 12.6. The minimum Gasteiger partial charge on any atom is -0.379 e. The molecule has 1 aromatic rings. The van der Waals surface area contributed by atoms with Crippen LogP contribution < -0.4 is 0 Å². The van der Waals surface area contributed by atoms with Gasteiger partial charge >= 0.3 is 10.1 Å². The third-order valence-electron chi connectivity index (χ3n) is 4.25. The van der Waals surface area contributed by atoms with Crippen LogP contribution in [0.3, 0.4) is 0 Å². The number of nitrogens with zero attached hydrogens (tertiary/aromatic N) is 1. The van der Waals surface area contributed by atoms with Crippen LogP contribution >= 0.6 is 0 Å². The van der Waals surface area contributed by atoms with Crippen LogP contribution in [0.15, 0.2) is 35.2 Å². The zero-order valence-corrected chi connectivity index (χ0v) is 14.4. The van der Waals surface area contributed by atoms with Gasteiger partial charge in [-0.05, 0) is 25.0 Å². The molecule has 1 aliphatic heterocycles. The number of methoxy groups -OCH3 is 1. The number of ether oxygens (including phenoxy) is 1. The van der Waals surface area contributed by atoms with E-state index in [1.54, 1.807) is 25.3 Å². The van der Waals surface area contributed by atoms with Crippen molar-refractivity contribution in [2.24, 2.45) is 0 Å². The zero-order valence-electron chi connectivity index (χ0n) is 13.6. The normalized spacial score (nSPS) is 25.2. The highest BCUT2D eigenvalue weighted by atomic mass is 32.2. The van der Waals surface area contributed by atoms with Gasteiger partial charge in [0, 0.05) is 20.5 Å². The lowest BCUT2D eigenvalue weighted by Gasteiger charge is -2.42. The summed E-state index contributed by atoms with van der Waals surface area (Å²) in [6.45, 7) is 2.63. The van der Waals surface area contributed by atoms with Crippen LogP contribution in [-0.4, -0.2) is 51.7 Å². The van der Waals surface area contributed by atoms with Gasteiger partial charge in [0.1, 0.15) is 13.1 Å². The highest BCUT2D eigenvalue weighted by molar-refractivity contribution is 7.86. The predicted molar refractivity (Wildman–Crippen MR) is 84.9 cm³/mol. The summed E-state index contributed by atoms with van der Waals surface area (Å²) in [7, 11) is -2.40. The number of carbonyl (C=O) groups is 1. The van der Waals surface area contributed by atoms with E-state index >= 15 is 0 Å². The van der Waals surface area contributed by atoms with Crippen LogP contribution in [-0.2, 0) is 23.9 Å². The van der Waals surface area contributed by atoms with E-state index in [2.05, 4.69) is 0 Å². The monoisotopic (exact) mass is 342 g/mol. The number of carbonyl (C=O) groups excluding carboxylic acids is 1. The fourth-order valence-corrected chi connectivity index (χ4v) is 4.33. The summed E-state index contributed by atoms with van der Waals surface area (Å²) in [5.74, 6) is -0.0518. The van der Waals surface area contributed by atoms with E-state index in [4.69, 9.17) is 9.02 Å². The Morgan fingerprint density at radius 3 is 2.57 bits per heavy atom. The van der Waals surface area contributed by atoms with Crippen molar-refractivity contribution in [1.82, 2.24) is 0 Å². The molecule has 0 spiro atoms. The Bertz CT molecular complexity index is 631. The molecule has 7 heteroatoms. The minimum atomic E-state index is -3.95. The summed E-state index contributed by atoms with van der Waals surface area (Å²) in [5, 5.41) is 0. The van der Waals surface area contributed by atoms with Gasteiger partial charge in [-0.2, -0.15) is 8.42 Å². The van der Waals surface area contributed by atoms with Gasteiger partial charge in [-0.15, -0.1) is 4.65 Å². The van der Waals surface area contributed by atoms with E-state index in [9.17, 15) is 13.2 Å². The smallest absolute Gasteiger partial charge is 0.342 e. The highest BCUT2D eigenvalue weighted by Crippen LogP contribution is 2.30. The Kier molecular flexibility index (Phi) is 5.91. The van der Waals surface area contributed by atoms with Crippen molar-refractivity contribution in [3.05, 3.63) is 30.3 Å². The van der Waals surface area contributed by atoms with Crippen molar-refractivity contribution >= 4 is 15.9 Å². The lowest BCUT2D eigenvalue weighted by atomic mass is 9.98. The molecule has 0 amide bonds. The Balaban J connectivity index is 2.36. The quantitative estimate of drug-likeness (QED) is 0.708. The van der Waals surface area contributed by atoms with Crippen molar-refractivity contribution in [1.29, 1.82) is 0 Å². The number of likely N-dealkylation sites (tertiary alicyclic amines) is 1. The summed E-state index contributed by atoms with van der Waals surface area (Å²) < 4.78 is 35.8. The molecule has 0 radical (unpaired) electrons. The number of rotatable bonds is 7. The SMILES string of the molecule is COCC[N+]1(OS(=O)(=O)c2ccccc2)CCCCC1C(C)=O. The summed E-state index contributed by atoms with van der Waals surface area (Å²) in [5.41, 5.74) is 0. The van der Waals surface area contributed by atoms with Crippen molar-refractivity contribution in [2.75, 3.05) is 26.8 Å². The van der Waals surface area contributed by atoms with Crippen molar-refractivity contribution in [3.63, 3.8) is 0 Å². The summed E-state index contributed by atoms with van der Waals surface area (Å²) >= 11 is 0. The average molecular weight is 342 g/mol. The maximum absolute atomic E-state index is 12.6. The molecular weight excluding hydrogens is 318 g/mol. The number of ketones is 1. The number of hydroxylamine groups is 3. The maximum Gasteiger partial charge on any atom is 0.342 e. The summed E-state index contributed by atoms with van der Waals surface area (Å²) in [6.07, 6.45) is 2.34. The van der Waals surface area contributed by atoms with Crippen LogP contribution in [0.25, 0.3) is 0 Å². The third kappa shape index (κ3) is 4.17. The van der Waals surface area contributed by atoms with Crippen LogP contribution in [0.1, 0.15) is 26.2 Å². The van der Waals surface area contributed by atoms with E-state index in [1.807, 2.05) is 0 Å². The lowest BCUT2D eigenvalue weighted by molar-refractivity contribution is -1.09. The van der Waals surface area contributed by atoms with Gasteiger partial charge in [-0.3, -0.25) is 4.79 Å². The molecule has 1 aromatic carbocycles. The topological polar surface area (TPSA) is 69.7 Å². The number of hydrogen-bond acceptors (Lipinski definition) is 5. The molecule has 128 valence electrons. The Hall–Kier alpha value is -1.28. The third-order valence-corrected chi connectivity index (χ3v) is 5.60. The molecule has 6 nitrogen and oxygen atoms in total. The van der Waals surface area contributed by atoms with Crippen molar-refractivity contribution in [2.45, 2.75) is 37.1 Å². The van der Waals surface area contributed by atoms with E-state index in [0.717, 1.165) is 12.8 Å². The second kappa shape index (κ2) is 7.53. The van der Waals surface area contributed by atoms with Gasteiger partial charge in [-0.1, -0.05) is 22.5 Å². The number of quaternary nitrogens is 1. The first-order valence-electron chi connectivity index (χ1n) is 7.79. The van der Waals surface area contributed by atoms with Crippen LogP contribution in [0.4, 0.5) is 0 Å².